The third kappa shape index (κ3) is 4.13. The van der Waals surface area contributed by atoms with Gasteiger partial charge in [-0.3, -0.25) is 14.9 Å². The molecule has 7 nitrogen and oxygen atoms in total. The summed E-state index contributed by atoms with van der Waals surface area (Å²) in [6.45, 7) is 0. The highest BCUT2D eigenvalue weighted by Crippen LogP contribution is 2.31. The summed E-state index contributed by atoms with van der Waals surface area (Å²) in [5, 5.41) is 12.5. The van der Waals surface area contributed by atoms with E-state index in [1.54, 1.807) is 0 Å². The third-order valence-corrected chi connectivity index (χ3v) is 6.06. The number of carbonyl (C=O) groups excluding carboxylic acids is 1. The molecule has 1 aliphatic heterocycles. The number of hydrogen-bond donors (Lipinski definition) is 0. The highest BCUT2D eigenvalue weighted by Gasteiger charge is 2.32. The lowest BCUT2D eigenvalue weighted by Gasteiger charge is -2.28. The van der Waals surface area contributed by atoms with Gasteiger partial charge in [0.2, 0.25) is 0 Å². The van der Waals surface area contributed by atoms with Crippen LogP contribution in [0.2, 0.25) is 10.0 Å². The fourth-order valence-electron chi connectivity index (χ4n) is 2.71. The molecule has 0 radical (unpaired) electrons. The zero-order valence-corrected chi connectivity index (χ0v) is 15.9. The molecule has 2 aromatic rings. The molecule has 10 heteroatoms. The molecule has 0 fully saturated rings. The summed E-state index contributed by atoms with van der Waals surface area (Å²) >= 11 is 12.0. The second-order valence-electron chi connectivity index (χ2n) is 5.81. The molecule has 3 rings (SSSR count). The lowest BCUT2D eigenvalue weighted by atomic mass is 10.1. The van der Waals surface area contributed by atoms with E-state index in [0.29, 0.717) is 5.69 Å². The second kappa shape index (κ2) is 7.30. The quantitative estimate of drug-likeness (QED) is 0.545. The molecule has 1 aliphatic rings. The van der Waals surface area contributed by atoms with Crippen LogP contribution in [0.15, 0.2) is 53.9 Å². The van der Waals surface area contributed by atoms with Gasteiger partial charge < -0.3 is 4.90 Å². The first kappa shape index (κ1) is 19.3. The van der Waals surface area contributed by atoms with Gasteiger partial charge in [0.25, 0.3) is 11.6 Å². The molecule has 0 saturated heterocycles. The molecule has 0 aliphatic carbocycles. The van der Waals surface area contributed by atoms with Gasteiger partial charge in [-0.1, -0.05) is 29.3 Å². The van der Waals surface area contributed by atoms with Gasteiger partial charge in [-0.25, -0.2) is 8.42 Å². The van der Waals surface area contributed by atoms with Crippen LogP contribution >= 0.6 is 23.2 Å². The number of amides is 1. The first-order valence-corrected chi connectivity index (χ1v) is 10.1. The van der Waals surface area contributed by atoms with Crippen molar-refractivity contribution in [2.75, 3.05) is 10.7 Å². The number of nitro groups is 1. The Hall–Kier alpha value is -2.42. The van der Waals surface area contributed by atoms with E-state index >= 15 is 0 Å². The predicted molar refractivity (Wildman–Crippen MR) is 103 cm³/mol. The van der Waals surface area contributed by atoms with E-state index < -0.39 is 26.7 Å². The second-order valence-corrected chi connectivity index (χ2v) is 8.55. The molecule has 1 unspecified atom stereocenters. The summed E-state index contributed by atoms with van der Waals surface area (Å²) in [6, 6.07) is 8.90. The number of nitro benzene ring substituents is 1. The predicted octanol–water partition coefficient (Wildman–Crippen LogP) is 3.86. The maximum Gasteiger partial charge on any atom is 0.270 e. The monoisotopic (exact) mass is 426 g/mol. The average Bonchev–Trinajstić information content (AvgIpc) is 2.97. The van der Waals surface area contributed by atoms with E-state index in [-0.39, 0.29) is 27.0 Å². The van der Waals surface area contributed by atoms with Crippen molar-refractivity contribution >= 4 is 50.3 Å². The van der Waals surface area contributed by atoms with Crippen LogP contribution in [0.3, 0.4) is 0 Å². The lowest BCUT2D eigenvalue weighted by molar-refractivity contribution is -0.384. The van der Waals surface area contributed by atoms with Gasteiger partial charge in [-0.2, -0.15) is 0 Å². The van der Waals surface area contributed by atoms with Gasteiger partial charge in [0, 0.05) is 28.8 Å². The normalized spacial score (nSPS) is 17.6. The number of hydrogen-bond acceptors (Lipinski definition) is 5. The van der Waals surface area contributed by atoms with Crippen molar-refractivity contribution in [3.8, 4) is 0 Å². The largest absolute Gasteiger partial charge is 0.300 e. The minimum atomic E-state index is -3.45. The fraction of sp³-hybridized carbons (Fsp3) is 0.118. The Morgan fingerprint density at radius 2 is 1.89 bits per heavy atom. The van der Waals surface area contributed by atoms with Crippen LogP contribution in [0.4, 0.5) is 11.4 Å². The Kier molecular flexibility index (Phi) is 5.23. The van der Waals surface area contributed by atoms with Crippen LogP contribution in [0.1, 0.15) is 10.4 Å². The van der Waals surface area contributed by atoms with E-state index in [9.17, 15) is 23.3 Å². The van der Waals surface area contributed by atoms with Crippen LogP contribution in [-0.2, 0) is 9.84 Å². The Morgan fingerprint density at radius 1 is 1.15 bits per heavy atom. The number of nitrogens with zero attached hydrogens (tertiary/aromatic N) is 2. The number of rotatable bonds is 4. The van der Waals surface area contributed by atoms with E-state index in [1.807, 2.05) is 0 Å². The molecule has 0 N–H and O–H groups in total. The zero-order chi connectivity index (χ0) is 19.8. The molecular formula is C17H12Cl2N2O5S. The molecule has 1 heterocycles. The van der Waals surface area contributed by atoms with Crippen LogP contribution in [0.5, 0.6) is 0 Å². The minimum absolute atomic E-state index is 0.0490. The summed E-state index contributed by atoms with van der Waals surface area (Å²) in [5.41, 5.74) is 0.130. The molecular weight excluding hydrogens is 415 g/mol. The van der Waals surface area contributed by atoms with Crippen molar-refractivity contribution in [3.63, 3.8) is 0 Å². The SMILES string of the molecule is O=C(c1cccc([N+](=O)[O-])c1)N(c1ccc(Cl)c(Cl)c1)C1C=CS(=O)(=O)C1. The summed E-state index contributed by atoms with van der Waals surface area (Å²) < 4.78 is 23.7. The smallest absolute Gasteiger partial charge is 0.270 e. The maximum absolute atomic E-state index is 13.1. The first-order chi connectivity index (χ1) is 12.7. The average molecular weight is 427 g/mol. The summed E-state index contributed by atoms with van der Waals surface area (Å²) in [5.74, 6) is -0.891. The maximum atomic E-state index is 13.1. The fourth-order valence-corrected chi connectivity index (χ4v) is 4.27. The highest BCUT2D eigenvalue weighted by molar-refractivity contribution is 7.94. The Bertz CT molecular complexity index is 1070. The number of carbonyl (C=O) groups is 1. The van der Waals surface area contributed by atoms with Crippen molar-refractivity contribution in [1.29, 1.82) is 0 Å². The van der Waals surface area contributed by atoms with Gasteiger partial charge in [-0.15, -0.1) is 0 Å². The molecule has 2 aromatic carbocycles. The number of benzene rings is 2. The van der Waals surface area contributed by atoms with Crippen LogP contribution in [0, 0.1) is 10.1 Å². The number of sulfone groups is 1. The van der Waals surface area contributed by atoms with Gasteiger partial charge in [0.1, 0.15) is 0 Å². The number of anilines is 1. The van der Waals surface area contributed by atoms with Crippen LogP contribution in [0.25, 0.3) is 0 Å². The number of non-ortho nitro benzene ring substituents is 1. The van der Waals surface area contributed by atoms with E-state index in [0.717, 1.165) is 11.5 Å². The van der Waals surface area contributed by atoms with E-state index in [4.69, 9.17) is 23.2 Å². The zero-order valence-electron chi connectivity index (χ0n) is 13.6. The highest BCUT2D eigenvalue weighted by atomic mass is 35.5. The van der Waals surface area contributed by atoms with Crippen molar-refractivity contribution in [2.24, 2.45) is 0 Å². The Labute approximate surface area is 164 Å². The van der Waals surface area contributed by atoms with Gasteiger partial charge in [0.15, 0.2) is 9.84 Å². The molecule has 0 aromatic heterocycles. The topological polar surface area (TPSA) is 97.6 Å². The van der Waals surface area contributed by atoms with Gasteiger partial charge >= 0.3 is 0 Å². The Balaban J connectivity index is 2.08. The molecule has 1 atom stereocenters. The van der Waals surface area contributed by atoms with Crippen LogP contribution < -0.4 is 4.90 Å². The van der Waals surface area contributed by atoms with Gasteiger partial charge in [0.05, 0.1) is 26.8 Å². The van der Waals surface area contributed by atoms with E-state index in [1.165, 1.54) is 47.4 Å². The van der Waals surface area contributed by atoms with E-state index in [2.05, 4.69) is 0 Å². The molecule has 0 spiro atoms. The summed E-state index contributed by atoms with van der Waals surface area (Å²) in [6.07, 6.45) is 1.40. The Morgan fingerprint density at radius 3 is 2.48 bits per heavy atom. The molecule has 1 amide bonds. The van der Waals surface area contributed by atoms with Crippen molar-refractivity contribution in [2.45, 2.75) is 6.04 Å². The molecule has 0 bridgehead atoms. The molecule has 140 valence electrons. The first-order valence-electron chi connectivity index (χ1n) is 7.62. The lowest BCUT2D eigenvalue weighted by Crippen LogP contribution is -2.41. The van der Waals surface area contributed by atoms with Crippen LogP contribution in [-0.4, -0.2) is 31.0 Å². The molecule has 27 heavy (non-hydrogen) atoms. The van der Waals surface area contributed by atoms with Crippen molar-refractivity contribution < 1.29 is 18.1 Å². The molecule has 0 saturated carbocycles. The van der Waals surface area contributed by atoms with Crippen molar-refractivity contribution in [3.05, 3.63) is 79.7 Å². The summed E-state index contributed by atoms with van der Waals surface area (Å²) in [7, 11) is -3.45. The number of halogens is 2. The minimum Gasteiger partial charge on any atom is -0.300 e. The standard InChI is InChI=1S/C17H12Cl2N2O5S/c18-15-5-4-12(9-16(15)19)20(14-6-7-27(25,26)10-14)17(22)11-2-1-3-13(8-11)21(23)24/h1-9,14H,10H2. The van der Waals surface area contributed by atoms with Gasteiger partial charge in [-0.05, 0) is 30.3 Å². The van der Waals surface area contributed by atoms with Crippen molar-refractivity contribution in [1.82, 2.24) is 0 Å². The third-order valence-electron chi connectivity index (χ3n) is 3.95. The summed E-state index contributed by atoms with van der Waals surface area (Å²) in [4.78, 5) is 24.7.